The highest BCUT2D eigenvalue weighted by molar-refractivity contribution is 7.99. The van der Waals surface area contributed by atoms with E-state index >= 15 is 0 Å². The van der Waals surface area contributed by atoms with Crippen LogP contribution in [-0.4, -0.2) is 22.3 Å². The van der Waals surface area contributed by atoms with Crippen molar-refractivity contribution in [2.75, 3.05) is 17.6 Å². The highest BCUT2D eigenvalue weighted by atomic mass is 32.2. The molecule has 2 nitrogen and oxygen atoms in total. The zero-order valence-corrected chi connectivity index (χ0v) is 13.6. The van der Waals surface area contributed by atoms with Crippen molar-refractivity contribution < 1.29 is 13.2 Å². The number of thiocarbonyl (C=S) groups is 1. The molecule has 1 aliphatic rings. The molecular weight excluding hydrogens is 341 g/mol. The Morgan fingerprint density at radius 1 is 1.13 bits per heavy atom. The summed E-state index contributed by atoms with van der Waals surface area (Å²) in [6, 6.07) is 10.7. The van der Waals surface area contributed by atoms with Gasteiger partial charge in [-0.1, -0.05) is 18.2 Å². The van der Waals surface area contributed by atoms with E-state index in [-0.39, 0.29) is 5.56 Å². The number of rotatable bonds is 2. The van der Waals surface area contributed by atoms with Crippen molar-refractivity contribution in [1.29, 1.82) is 0 Å². The largest absolute Gasteiger partial charge is 0.333 e. The quantitative estimate of drug-likeness (QED) is 0.796. The lowest BCUT2D eigenvalue weighted by Crippen LogP contribution is -2.34. The minimum Gasteiger partial charge on any atom is -0.333 e. The first kappa shape index (κ1) is 16.1. The fraction of sp³-hybridized carbons (Fsp3) is 0.188. The molecule has 7 heteroatoms. The first-order chi connectivity index (χ1) is 11.1. The number of nitrogens with zero attached hydrogens (tertiary/aromatic N) is 1. The lowest BCUT2D eigenvalue weighted by atomic mass is 10.1. The van der Waals surface area contributed by atoms with Crippen molar-refractivity contribution in [3.05, 3.63) is 65.5 Å². The molecule has 2 aromatic rings. The monoisotopic (exact) mass is 354 g/mol. The summed E-state index contributed by atoms with van der Waals surface area (Å²) in [6.45, 7) is 0.560. The Balaban J connectivity index is 1.85. The van der Waals surface area contributed by atoms with Crippen LogP contribution in [0.25, 0.3) is 0 Å². The molecule has 1 atom stereocenters. The van der Waals surface area contributed by atoms with E-state index in [0.717, 1.165) is 5.69 Å². The van der Waals surface area contributed by atoms with Gasteiger partial charge in [-0.15, -0.1) is 11.8 Å². The third kappa shape index (κ3) is 3.45. The molecule has 120 valence electrons. The minimum absolute atomic E-state index is 0.161. The molecule has 1 N–H and O–H groups in total. The van der Waals surface area contributed by atoms with Crippen LogP contribution in [0.5, 0.6) is 0 Å². The van der Waals surface area contributed by atoms with Gasteiger partial charge in [0.2, 0.25) is 0 Å². The number of hydrogen-bond donors (Lipinski definition) is 1. The summed E-state index contributed by atoms with van der Waals surface area (Å²) < 4.78 is 41.2. The summed E-state index contributed by atoms with van der Waals surface area (Å²) in [4.78, 5) is 1.71. The molecule has 2 aromatic carbocycles. The van der Waals surface area contributed by atoms with Gasteiger partial charge in [0.15, 0.2) is 5.11 Å². The van der Waals surface area contributed by atoms with Crippen LogP contribution in [0.15, 0.2) is 42.5 Å². The molecule has 0 unspecified atom stereocenters. The maximum absolute atomic E-state index is 14.0. The second-order valence-corrected chi connectivity index (χ2v) is 6.57. The summed E-state index contributed by atoms with van der Waals surface area (Å²) in [5.74, 6) is -2.04. The van der Waals surface area contributed by atoms with Crippen LogP contribution in [0.3, 0.4) is 0 Å². The molecule has 23 heavy (non-hydrogen) atoms. The molecule has 1 saturated heterocycles. The summed E-state index contributed by atoms with van der Waals surface area (Å²) in [5.41, 5.74) is 0.638. The van der Waals surface area contributed by atoms with E-state index in [2.05, 4.69) is 5.32 Å². The van der Waals surface area contributed by atoms with Crippen LogP contribution in [-0.2, 0) is 0 Å². The first-order valence-corrected chi connectivity index (χ1v) is 8.40. The average Bonchev–Trinajstić information content (AvgIpc) is 2.96. The van der Waals surface area contributed by atoms with Crippen LogP contribution >= 0.6 is 24.0 Å². The van der Waals surface area contributed by atoms with Gasteiger partial charge >= 0.3 is 0 Å². The number of hydrogen-bond acceptors (Lipinski definition) is 2. The number of para-hydroxylation sites is 1. The predicted octanol–water partition coefficient (Wildman–Crippen LogP) is 4.55. The summed E-state index contributed by atoms with van der Waals surface area (Å²) >= 11 is 6.74. The van der Waals surface area contributed by atoms with Gasteiger partial charge in [-0.3, -0.25) is 0 Å². The van der Waals surface area contributed by atoms with E-state index in [4.69, 9.17) is 12.2 Å². The third-order valence-corrected chi connectivity index (χ3v) is 5.03. The van der Waals surface area contributed by atoms with Crippen molar-refractivity contribution in [3.63, 3.8) is 0 Å². The summed E-state index contributed by atoms with van der Waals surface area (Å²) in [6.07, 6.45) is 0. The highest BCUT2D eigenvalue weighted by Crippen LogP contribution is 2.40. The topological polar surface area (TPSA) is 15.3 Å². The van der Waals surface area contributed by atoms with Gasteiger partial charge in [-0.25, -0.2) is 13.2 Å². The third-order valence-electron chi connectivity index (χ3n) is 3.47. The molecule has 0 radical (unpaired) electrons. The maximum atomic E-state index is 14.0. The number of benzene rings is 2. The molecule has 1 aliphatic heterocycles. The maximum Gasteiger partial charge on any atom is 0.174 e. The second-order valence-electron chi connectivity index (χ2n) is 5.00. The van der Waals surface area contributed by atoms with Gasteiger partial charge in [0, 0.05) is 30.1 Å². The van der Waals surface area contributed by atoms with E-state index < -0.39 is 22.8 Å². The molecule has 1 heterocycles. The van der Waals surface area contributed by atoms with Gasteiger partial charge in [-0.05, 0) is 24.4 Å². The van der Waals surface area contributed by atoms with Gasteiger partial charge < -0.3 is 10.2 Å². The van der Waals surface area contributed by atoms with E-state index in [1.165, 1.54) is 11.8 Å². The Kier molecular flexibility index (Phi) is 4.77. The molecule has 0 saturated carbocycles. The van der Waals surface area contributed by atoms with Gasteiger partial charge in [-0.2, -0.15) is 0 Å². The molecule has 0 amide bonds. The van der Waals surface area contributed by atoms with E-state index in [0.29, 0.717) is 29.5 Å². The predicted molar refractivity (Wildman–Crippen MR) is 90.9 cm³/mol. The Labute approximate surface area is 141 Å². The molecular formula is C16H13F3N2S2. The van der Waals surface area contributed by atoms with Crippen LogP contribution in [0.2, 0.25) is 0 Å². The Morgan fingerprint density at radius 2 is 1.78 bits per heavy atom. The van der Waals surface area contributed by atoms with Crippen molar-refractivity contribution in [2.24, 2.45) is 0 Å². The number of nitrogens with one attached hydrogen (secondary N) is 1. The SMILES string of the molecule is Fc1cc(F)c([C@H]2SCCN2C(=S)Nc2ccccc2)c(F)c1. The standard InChI is InChI=1S/C16H13F3N2S2/c17-10-8-12(18)14(13(19)9-10)15-21(6-7-23-15)16(22)20-11-4-2-1-3-5-11/h1-5,8-9,15H,6-7H2,(H,20,22)/t15-/m1/s1. The second kappa shape index (κ2) is 6.80. The number of thioether (sulfide) groups is 1. The number of halogens is 3. The van der Waals surface area contributed by atoms with Crippen molar-refractivity contribution in [2.45, 2.75) is 5.37 Å². The Bertz CT molecular complexity index is 702. The smallest absolute Gasteiger partial charge is 0.174 e. The highest BCUT2D eigenvalue weighted by Gasteiger charge is 2.33. The van der Waals surface area contributed by atoms with Gasteiger partial charge in [0.05, 0.1) is 5.56 Å². The zero-order valence-electron chi connectivity index (χ0n) is 11.9. The normalized spacial score (nSPS) is 17.3. The van der Waals surface area contributed by atoms with E-state index in [1.807, 2.05) is 30.3 Å². The number of anilines is 1. The van der Waals surface area contributed by atoms with Crippen molar-refractivity contribution in [3.8, 4) is 0 Å². The first-order valence-electron chi connectivity index (χ1n) is 6.95. The summed E-state index contributed by atoms with van der Waals surface area (Å²) in [7, 11) is 0. The van der Waals surface area contributed by atoms with E-state index in [1.54, 1.807) is 4.90 Å². The van der Waals surface area contributed by atoms with Crippen LogP contribution < -0.4 is 5.32 Å². The fourth-order valence-corrected chi connectivity index (χ4v) is 4.11. The van der Waals surface area contributed by atoms with Gasteiger partial charge in [0.1, 0.15) is 22.8 Å². The van der Waals surface area contributed by atoms with Crippen LogP contribution in [0.4, 0.5) is 18.9 Å². The van der Waals surface area contributed by atoms with Gasteiger partial charge in [0.25, 0.3) is 0 Å². The molecule has 0 aromatic heterocycles. The molecule has 3 rings (SSSR count). The fourth-order valence-electron chi connectivity index (χ4n) is 2.42. The summed E-state index contributed by atoms with van der Waals surface area (Å²) in [5, 5.41) is 2.83. The van der Waals surface area contributed by atoms with Crippen molar-refractivity contribution in [1.82, 2.24) is 4.90 Å². The zero-order chi connectivity index (χ0) is 16.4. The van der Waals surface area contributed by atoms with Crippen molar-refractivity contribution >= 4 is 34.8 Å². The minimum atomic E-state index is -0.928. The Morgan fingerprint density at radius 3 is 2.43 bits per heavy atom. The lowest BCUT2D eigenvalue weighted by molar-refractivity contribution is 0.422. The van der Waals surface area contributed by atoms with Crippen LogP contribution in [0, 0.1) is 17.5 Å². The van der Waals surface area contributed by atoms with E-state index in [9.17, 15) is 13.2 Å². The molecule has 1 fully saturated rings. The van der Waals surface area contributed by atoms with Crippen LogP contribution in [0.1, 0.15) is 10.9 Å². The Hall–Kier alpha value is -1.73. The molecule has 0 spiro atoms. The molecule has 0 aliphatic carbocycles. The lowest BCUT2D eigenvalue weighted by Gasteiger charge is -2.27. The molecule has 0 bridgehead atoms. The average molecular weight is 354 g/mol.